The Morgan fingerprint density at radius 1 is 0.946 bits per heavy atom. The van der Waals surface area contributed by atoms with E-state index in [1.807, 2.05) is 55.5 Å². The van der Waals surface area contributed by atoms with Crippen molar-refractivity contribution in [3.05, 3.63) is 70.8 Å². The van der Waals surface area contributed by atoms with E-state index in [0.717, 1.165) is 28.0 Å². The first-order valence-electron chi connectivity index (χ1n) is 12.4. The second kappa shape index (κ2) is 11.0. The number of hydrogen-bond acceptors (Lipinski definition) is 6. The second-order valence-electron chi connectivity index (χ2n) is 9.69. The van der Waals surface area contributed by atoms with Crippen molar-refractivity contribution < 1.29 is 33.6 Å². The smallest absolute Gasteiger partial charge is 0.315 e. The predicted molar refractivity (Wildman–Crippen MR) is 141 cm³/mol. The maximum atomic E-state index is 13.5. The van der Waals surface area contributed by atoms with Gasteiger partial charge in [-0.3, -0.25) is 4.79 Å². The fraction of sp³-hybridized carbons (Fsp3) is 0.433. The van der Waals surface area contributed by atoms with Gasteiger partial charge in [-0.2, -0.15) is 0 Å². The van der Waals surface area contributed by atoms with Gasteiger partial charge in [-0.25, -0.2) is 0 Å². The summed E-state index contributed by atoms with van der Waals surface area (Å²) in [6, 6.07) is 13.3. The fourth-order valence-electron chi connectivity index (χ4n) is 6.54. The van der Waals surface area contributed by atoms with Crippen molar-refractivity contribution in [1.29, 1.82) is 0 Å². The van der Waals surface area contributed by atoms with Crippen molar-refractivity contribution >= 4 is 12.0 Å². The zero-order chi connectivity index (χ0) is 26.7. The van der Waals surface area contributed by atoms with Gasteiger partial charge in [0.25, 0.3) is 0 Å². The fourth-order valence-corrected chi connectivity index (χ4v) is 6.54. The Morgan fingerprint density at radius 3 is 2.08 bits per heavy atom. The van der Waals surface area contributed by atoms with E-state index in [9.17, 15) is 9.90 Å². The van der Waals surface area contributed by atoms with E-state index in [0.29, 0.717) is 24.5 Å². The van der Waals surface area contributed by atoms with E-state index in [4.69, 9.17) is 23.7 Å². The molecule has 7 nitrogen and oxygen atoms in total. The van der Waals surface area contributed by atoms with Gasteiger partial charge in [0.15, 0.2) is 0 Å². The summed E-state index contributed by atoms with van der Waals surface area (Å²) >= 11 is 0. The Morgan fingerprint density at radius 2 is 1.57 bits per heavy atom. The van der Waals surface area contributed by atoms with Crippen LogP contribution in [0.4, 0.5) is 0 Å². The zero-order valence-corrected chi connectivity index (χ0v) is 22.3. The third-order valence-corrected chi connectivity index (χ3v) is 8.13. The SMILES string of the molecule is COCC1C2CC(c3cc(OC)cc(OC)c3)C1(C(=O)O)C(/C=C/c1ccc(OC)cc1)=C(C)C2OC. The molecule has 4 rings (SSSR count). The quantitative estimate of drug-likeness (QED) is 0.472. The van der Waals surface area contributed by atoms with Gasteiger partial charge in [-0.15, -0.1) is 0 Å². The second-order valence-corrected chi connectivity index (χ2v) is 9.69. The van der Waals surface area contributed by atoms with Crippen LogP contribution in [0.1, 0.15) is 30.4 Å². The lowest BCUT2D eigenvalue weighted by Crippen LogP contribution is -2.49. The molecular formula is C30H36O7. The molecule has 0 amide bonds. The van der Waals surface area contributed by atoms with Crippen LogP contribution in [0.25, 0.3) is 6.08 Å². The van der Waals surface area contributed by atoms with E-state index in [-0.39, 0.29) is 23.9 Å². The molecule has 2 aliphatic rings. The molecule has 5 atom stereocenters. The average Bonchev–Trinajstić information content (AvgIpc) is 3.19. The van der Waals surface area contributed by atoms with Crippen molar-refractivity contribution in [3.63, 3.8) is 0 Å². The van der Waals surface area contributed by atoms with E-state index in [2.05, 4.69) is 0 Å². The van der Waals surface area contributed by atoms with Crippen LogP contribution in [0.15, 0.2) is 59.7 Å². The van der Waals surface area contributed by atoms with E-state index >= 15 is 0 Å². The Labute approximate surface area is 218 Å². The highest BCUT2D eigenvalue weighted by atomic mass is 16.5. The summed E-state index contributed by atoms with van der Waals surface area (Å²) in [6.45, 7) is 2.30. The number of aliphatic carboxylic acids is 1. The first-order valence-corrected chi connectivity index (χ1v) is 12.4. The lowest BCUT2D eigenvalue weighted by atomic mass is 9.59. The predicted octanol–water partition coefficient (Wildman–Crippen LogP) is 5.21. The lowest BCUT2D eigenvalue weighted by molar-refractivity contribution is -0.152. The lowest BCUT2D eigenvalue weighted by Gasteiger charge is -2.45. The molecule has 0 heterocycles. The van der Waals surface area contributed by atoms with Gasteiger partial charge in [0, 0.05) is 32.1 Å². The molecule has 2 bridgehead atoms. The Balaban J connectivity index is 1.94. The Hall–Kier alpha value is -3.29. The molecule has 0 aromatic heterocycles. The molecule has 7 heteroatoms. The molecule has 5 unspecified atom stereocenters. The van der Waals surface area contributed by atoms with Gasteiger partial charge in [0.1, 0.15) is 22.7 Å². The maximum Gasteiger partial charge on any atom is 0.315 e. The minimum absolute atomic E-state index is 0.0265. The van der Waals surface area contributed by atoms with Crippen molar-refractivity contribution in [2.24, 2.45) is 17.3 Å². The van der Waals surface area contributed by atoms with Gasteiger partial charge < -0.3 is 28.8 Å². The number of carboxylic acids is 1. The molecule has 1 fully saturated rings. The number of allylic oxidation sites excluding steroid dienone is 1. The van der Waals surface area contributed by atoms with Crippen molar-refractivity contribution in [2.75, 3.05) is 42.2 Å². The molecule has 2 aliphatic carbocycles. The Bertz CT molecular complexity index is 1160. The van der Waals surface area contributed by atoms with Crippen LogP contribution < -0.4 is 14.2 Å². The summed E-state index contributed by atoms with van der Waals surface area (Å²) in [7, 11) is 8.14. The van der Waals surface area contributed by atoms with E-state index < -0.39 is 11.4 Å². The van der Waals surface area contributed by atoms with Crippen LogP contribution in [0.2, 0.25) is 0 Å². The summed E-state index contributed by atoms with van der Waals surface area (Å²) in [5, 5.41) is 11.1. The topological polar surface area (TPSA) is 83.5 Å². The van der Waals surface area contributed by atoms with Crippen molar-refractivity contribution in [3.8, 4) is 17.2 Å². The number of benzene rings is 2. The number of rotatable bonds is 10. The highest BCUT2D eigenvalue weighted by molar-refractivity contribution is 5.85. The molecular weight excluding hydrogens is 472 g/mol. The van der Waals surface area contributed by atoms with Gasteiger partial charge in [-0.05, 0) is 65.8 Å². The number of hydrogen-bond donors (Lipinski definition) is 1. The zero-order valence-electron chi connectivity index (χ0n) is 22.3. The van der Waals surface area contributed by atoms with E-state index in [1.54, 1.807) is 41.6 Å². The number of carboxylic acid groups (broad SMARTS) is 1. The summed E-state index contributed by atoms with van der Waals surface area (Å²) in [5.74, 6) is 0.481. The van der Waals surface area contributed by atoms with Crippen LogP contribution in [0.5, 0.6) is 17.2 Å². The van der Waals surface area contributed by atoms with Gasteiger partial charge in [0.05, 0.1) is 34.0 Å². The standard InChI is InChI=1S/C30H36O7/c1-18-25(12-9-19-7-10-21(34-3)11-8-19)30(29(31)32)26(16-24(28(18)37-6)27(30)17-33-2)20-13-22(35-4)15-23(14-20)36-5/h7-15,24,26-28H,16-17H2,1-6H3,(H,31,32)/b12-9+. The third-order valence-electron chi connectivity index (χ3n) is 8.13. The summed E-state index contributed by atoms with van der Waals surface area (Å²) in [5.41, 5.74) is 2.27. The van der Waals surface area contributed by atoms with Gasteiger partial charge in [-0.1, -0.05) is 24.3 Å². The van der Waals surface area contributed by atoms with Crippen LogP contribution in [0, 0.1) is 17.3 Å². The minimum atomic E-state index is -1.22. The molecule has 1 N–H and O–H groups in total. The number of carbonyl (C=O) groups is 1. The number of fused-ring (bicyclic) bond motifs is 2. The highest BCUT2D eigenvalue weighted by Gasteiger charge is 2.66. The molecule has 1 saturated carbocycles. The maximum absolute atomic E-state index is 13.5. The largest absolute Gasteiger partial charge is 0.497 e. The number of ether oxygens (including phenoxy) is 5. The van der Waals surface area contributed by atoms with Crippen molar-refractivity contribution in [2.45, 2.75) is 25.4 Å². The Kier molecular flexibility index (Phi) is 7.95. The average molecular weight is 509 g/mol. The molecule has 37 heavy (non-hydrogen) atoms. The van der Waals surface area contributed by atoms with Crippen LogP contribution in [-0.2, 0) is 14.3 Å². The van der Waals surface area contributed by atoms with Gasteiger partial charge >= 0.3 is 5.97 Å². The van der Waals surface area contributed by atoms with Gasteiger partial charge in [0.2, 0.25) is 0 Å². The summed E-state index contributed by atoms with van der Waals surface area (Å²) in [6.07, 6.45) is 4.32. The first-order chi connectivity index (χ1) is 17.8. The molecule has 2 aromatic rings. The van der Waals surface area contributed by atoms with Crippen LogP contribution in [0.3, 0.4) is 0 Å². The first kappa shape index (κ1) is 26.8. The normalized spacial score (nSPS) is 27.0. The minimum Gasteiger partial charge on any atom is -0.497 e. The number of methoxy groups -OCH3 is 5. The summed E-state index contributed by atoms with van der Waals surface area (Å²) < 4.78 is 28.0. The molecule has 0 spiro atoms. The van der Waals surface area contributed by atoms with Crippen molar-refractivity contribution in [1.82, 2.24) is 0 Å². The monoisotopic (exact) mass is 508 g/mol. The van der Waals surface area contributed by atoms with E-state index in [1.165, 1.54) is 0 Å². The van der Waals surface area contributed by atoms with Crippen LogP contribution >= 0.6 is 0 Å². The molecule has 0 saturated heterocycles. The molecule has 198 valence electrons. The molecule has 0 aliphatic heterocycles. The highest BCUT2D eigenvalue weighted by Crippen LogP contribution is 2.65. The molecule has 2 aromatic carbocycles. The van der Waals surface area contributed by atoms with Crippen LogP contribution in [-0.4, -0.2) is 59.3 Å². The summed E-state index contributed by atoms with van der Waals surface area (Å²) in [4.78, 5) is 13.5. The molecule has 0 radical (unpaired) electrons. The third kappa shape index (κ3) is 4.51.